The molecule has 1 unspecified atom stereocenters. The average Bonchev–Trinajstić information content (AvgIpc) is 2.39. The maximum absolute atomic E-state index is 11.9. The van der Waals surface area contributed by atoms with Gasteiger partial charge in [-0.1, -0.05) is 13.8 Å². The topological polar surface area (TPSA) is 71.4 Å². The van der Waals surface area contributed by atoms with E-state index in [0.717, 1.165) is 0 Å². The number of hydrogen-bond donors (Lipinski definition) is 1. The van der Waals surface area contributed by atoms with Crippen LogP contribution in [0.2, 0.25) is 0 Å². The van der Waals surface area contributed by atoms with E-state index in [1.165, 1.54) is 0 Å². The summed E-state index contributed by atoms with van der Waals surface area (Å²) in [7, 11) is 0. The lowest BCUT2D eigenvalue weighted by molar-refractivity contribution is -0.119. The molecule has 100 valence electrons. The van der Waals surface area contributed by atoms with Gasteiger partial charge in [-0.25, -0.2) is 0 Å². The van der Waals surface area contributed by atoms with Gasteiger partial charge in [-0.15, -0.1) is 0 Å². The monoisotopic (exact) mass is 260 g/mol. The fourth-order valence-corrected chi connectivity index (χ4v) is 1.85. The molecule has 1 amide bonds. The number of anilines is 1. The highest BCUT2D eigenvalue weighted by Crippen LogP contribution is 2.32. The third-order valence-electron chi connectivity index (χ3n) is 2.90. The fourth-order valence-electron chi connectivity index (χ4n) is 1.85. The van der Waals surface area contributed by atoms with Gasteiger partial charge in [0.1, 0.15) is 19.1 Å². The summed E-state index contributed by atoms with van der Waals surface area (Å²) in [5.41, 5.74) is 0.607. The Morgan fingerprint density at radius 3 is 2.63 bits per heavy atom. The molecular weight excluding hydrogens is 244 g/mol. The molecule has 0 saturated carbocycles. The molecule has 1 N–H and O–H groups in total. The van der Waals surface area contributed by atoms with Gasteiger partial charge in [0.05, 0.1) is 6.07 Å². The van der Waals surface area contributed by atoms with E-state index in [4.69, 9.17) is 14.7 Å². The van der Waals surface area contributed by atoms with E-state index >= 15 is 0 Å². The van der Waals surface area contributed by atoms with Crippen molar-refractivity contribution in [3.8, 4) is 17.6 Å². The first-order valence-corrected chi connectivity index (χ1v) is 6.22. The number of ether oxygens (including phenoxy) is 2. The van der Waals surface area contributed by atoms with Crippen LogP contribution in [0.25, 0.3) is 0 Å². The number of benzene rings is 1. The molecule has 1 aromatic carbocycles. The van der Waals surface area contributed by atoms with Crippen LogP contribution < -0.4 is 14.8 Å². The first kappa shape index (κ1) is 13.2. The Balaban J connectivity index is 2.11. The van der Waals surface area contributed by atoms with Gasteiger partial charge in [-0.05, 0) is 18.1 Å². The third kappa shape index (κ3) is 2.97. The summed E-state index contributed by atoms with van der Waals surface area (Å²) in [5.74, 6) is 0.302. The normalized spacial score (nSPS) is 14.6. The van der Waals surface area contributed by atoms with Gasteiger partial charge >= 0.3 is 0 Å². The second kappa shape index (κ2) is 5.61. The Kier molecular flexibility index (Phi) is 3.91. The van der Waals surface area contributed by atoms with Gasteiger partial charge in [-0.3, -0.25) is 4.79 Å². The van der Waals surface area contributed by atoms with Crippen LogP contribution in [0.5, 0.6) is 11.5 Å². The smallest absolute Gasteiger partial charge is 0.241 e. The molecule has 0 aliphatic carbocycles. The Labute approximate surface area is 112 Å². The molecule has 2 rings (SSSR count). The third-order valence-corrected chi connectivity index (χ3v) is 2.90. The molecule has 0 aromatic heterocycles. The molecule has 0 spiro atoms. The first-order valence-electron chi connectivity index (χ1n) is 6.22. The molecule has 19 heavy (non-hydrogen) atoms. The number of fused-ring (bicyclic) bond motifs is 1. The highest BCUT2D eigenvalue weighted by Gasteiger charge is 2.22. The Morgan fingerprint density at radius 1 is 1.32 bits per heavy atom. The highest BCUT2D eigenvalue weighted by molar-refractivity contribution is 5.94. The van der Waals surface area contributed by atoms with Gasteiger partial charge in [0.25, 0.3) is 0 Å². The van der Waals surface area contributed by atoms with E-state index in [-0.39, 0.29) is 11.8 Å². The Hall–Kier alpha value is -2.22. The van der Waals surface area contributed by atoms with Crippen molar-refractivity contribution in [1.82, 2.24) is 0 Å². The number of hydrogen-bond acceptors (Lipinski definition) is 4. The second-order valence-corrected chi connectivity index (χ2v) is 4.70. The van der Waals surface area contributed by atoms with Crippen LogP contribution >= 0.6 is 0 Å². The summed E-state index contributed by atoms with van der Waals surface area (Å²) in [4.78, 5) is 11.9. The molecule has 1 aromatic rings. The lowest BCUT2D eigenvalue weighted by atomic mass is 9.96. The van der Waals surface area contributed by atoms with Gasteiger partial charge < -0.3 is 14.8 Å². The molecule has 1 atom stereocenters. The van der Waals surface area contributed by atoms with Crippen molar-refractivity contribution in [2.24, 2.45) is 11.8 Å². The maximum Gasteiger partial charge on any atom is 0.241 e. The lowest BCUT2D eigenvalue weighted by Crippen LogP contribution is -2.25. The molecule has 0 saturated heterocycles. The van der Waals surface area contributed by atoms with Crippen LogP contribution in [0.15, 0.2) is 18.2 Å². The van der Waals surface area contributed by atoms with Crippen molar-refractivity contribution in [1.29, 1.82) is 5.26 Å². The fraction of sp³-hybridized carbons (Fsp3) is 0.429. The zero-order chi connectivity index (χ0) is 13.8. The van der Waals surface area contributed by atoms with Crippen LogP contribution in [0.4, 0.5) is 5.69 Å². The minimum absolute atomic E-state index is 0.0257. The van der Waals surface area contributed by atoms with E-state index in [9.17, 15) is 4.79 Å². The van der Waals surface area contributed by atoms with E-state index in [2.05, 4.69) is 5.32 Å². The first-order chi connectivity index (χ1) is 9.11. The number of amides is 1. The van der Waals surface area contributed by atoms with Crippen molar-refractivity contribution in [2.45, 2.75) is 13.8 Å². The predicted molar refractivity (Wildman–Crippen MR) is 70.0 cm³/mol. The second-order valence-electron chi connectivity index (χ2n) is 4.70. The molecular formula is C14H16N2O3. The summed E-state index contributed by atoms with van der Waals surface area (Å²) < 4.78 is 10.8. The number of nitrogens with zero attached hydrogens (tertiary/aromatic N) is 1. The van der Waals surface area contributed by atoms with E-state index in [0.29, 0.717) is 30.4 Å². The molecule has 1 aliphatic rings. The number of nitrogens with one attached hydrogen (secondary N) is 1. The molecule has 1 heterocycles. The van der Waals surface area contributed by atoms with Crippen molar-refractivity contribution in [2.75, 3.05) is 18.5 Å². The predicted octanol–water partition coefficient (Wildman–Crippen LogP) is 2.19. The summed E-state index contributed by atoms with van der Waals surface area (Å²) in [5, 5.41) is 11.7. The minimum Gasteiger partial charge on any atom is -0.486 e. The van der Waals surface area contributed by atoms with Gasteiger partial charge in [0.2, 0.25) is 5.91 Å². The molecule has 5 nitrogen and oxygen atoms in total. The largest absolute Gasteiger partial charge is 0.486 e. The van der Waals surface area contributed by atoms with Crippen LogP contribution in [0.3, 0.4) is 0 Å². The van der Waals surface area contributed by atoms with Crippen LogP contribution in [0.1, 0.15) is 13.8 Å². The molecule has 5 heteroatoms. The number of nitriles is 1. The van der Waals surface area contributed by atoms with Crippen molar-refractivity contribution >= 4 is 11.6 Å². The summed E-state index contributed by atoms with van der Waals surface area (Å²) >= 11 is 0. The van der Waals surface area contributed by atoms with Crippen LogP contribution in [0, 0.1) is 23.2 Å². The van der Waals surface area contributed by atoms with Gasteiger partial charge in [0, 0.05) is 11.8 Å². The van der Waals surface area contributed by atoms with Gasteiger partial charge in [0.15, 0.2) is 11.5 Å². The van der Waals surface area contributed by atoms with E-state index < -0.39 is 5.92 Å². The van der Waals surface area contributed by atoms with E-state index in [1.807, 2.05) is 19.9 Å². The summed E-state index contributed by atoms with van der Waals surface area (Å²) in [6.07, 6.45) is 0. The number of carbonyl (C=O) groups is 1. The van der Waals surface area contributed by atoms with Crippen LogP contribution in [-0.4, -0.2) is 19.1 Å². The zero-order valence-corrected chi connectivity index (χ0v) is 11.0. The Morgan fingerprint density at radius 2 is 2.00 bits per heavy atom. The summed E-state index contributed by atoms with van der Waals surface area (Å²) in [6.45, 7) is 4.72. The standard InChI is InChI=1S/C14H16N2O3/c1-9(2)11(8-15)14(17)16-10-3-4-12-13(7-10)19-6-5-18-12/h3-4,7,9,11H,5-6H2,1-2H3,(H,16,17). The van der Waals surface area contributed by atoms with Crippen molar-refractivity contribution in [3.05, 3.63) is 18.2 Å². The van der Waals surface area contributed by atoms with E-state index in [1.54, 1.807) is 18.2 Å². The molecule has 1 aliphatic heterocycles. The Bertz CT molecular complexity index is 520. The summed E-state index contributed by atoms with van der Waals surface area (Å²) in [6, 6.07) is 7.21. The zero-order valence-electron chi connectivity index (χ0n) is 11.0. The average molecular weight is 260 g/mol. The molecule has 0 fully saturated rings. The lowest BCUT2D eigenvalue weighted by Gasteiger charge is -2.19. The van der Waals surface area contributed by atoms with Crippen LogP contribution in [-0.2, 0) is 4.79 Å². The molecule has 0 bridgehead atoms. The SMILES string of the molecule is CC(C)C(C#N)C(=O)Nc1ccc2c(c1)OCCO2. The van der Waals surface area contributed by atoms with Crippen molar-refractivity contribution < 1.29 is 14.3 Å². The quantitative estimate of drug-likeness (QED) is 0.904. The maximum atomic E-state index is 11.9. The number of rotatable bonds is 3. The van der Waals surface area contributed by atoms with Crippen molar-refractivity contribution in [3.63, 3.8) is 0 Å². The molecule has 0 radical (unpaired) electrons. The number of carbonyl (C=O) groups excluding carboxylic acids is 1. The van der Waals surface area contributed by atoms with Gasteiger partial charge in [-0.2, -0.15) is 5.26 Å². The highest BCUT2D eigenvalue weighted by atomic mass is 16.6. The minimum atomic E-state index is -0.659.